The quantitative estimate of drug-likeness (QED) is 0.280. The van der Waals surface area contributed by atoms with E-state index in [1.54, 1.807) is 12.1 Å². The van der Waals surface area contributed by atoms with Crippen molar-refractivity contribution < 1.29 is 27.1 Å². The Morgan fingerprint density at radius 1 is 0.909 bits per heavy atom. The van der Waals surface area contributed by atoms with Gasteiger partial charge in [0.2, 0.25) is 11.2 Å². The van der Waals surface area contributed by atoms with Crippen LogP contribution in [-0.2, 0) is 6.18 Å². The molecule has 0 unspecified atom stereocenters. The number of carbonyl (C=O) groups is 1. The number of benzene rings is 3. The molecule has 0 radical (unpaired) electrons. The van der Waals surface area contributed by atoms with E-state index in [-0.39, 0.29) is 34.7 Å². The van der Waals surface area contributed by atoms with Crippen molar-refractivity contribution in [3.63, 3.8) is 0 Å². The lowest BCUT2D eigenvalue weighted by molar-refractivity contribution is -0.152. The molecule has 9 heteroatoms. The molecule has 0 spiro atoms. The summed E-state index contributed by atoms with van der Waals surface area (Å²) in [5.74, 6) is -1.72. The molecule has 0 bridgehead atoms. The van der Waals surface area contributed by atoms with Crippen molar-refractivity contribution in [2.75, 3.05) is 6.61 Å². The molecule has 0 aliphatic carbocycles. The average Bonchev–Trinajstić information content (AvgIpc) is 2.78. The highest BCUT2D eigenvalue weighted by molar-refractivity contribution is 6.31. The van der Waals surface area contributed by atoms with Gasteiger partial charge in [-0.1, -0.05) is 35.3 Å². The van der Waals surface area contributed by atoms with Crippen molar-refractivity contribution in [2.45, 2.75) is 6.18 Å². The van der Waals surface area contributed by atoms with Crippen LogP contribution in [0.4, 0.5) is 13.2 Å². The Morgan fingerprint density at radius 3 is 2.12 bits per heavy atom. The van der Waals surface area contributed by atoms with Gasteiger partial charge in [0.1, 0.15) is 11.3 Å². The molecule has 4 rings (SSSR count). The molecule has 0 N–H and O–H groups in total. The van der Waals surface area contributed by atoms with Crippen molar-refractivity contribution in [1.82, 2.24) is 0 Å². The first-order chi connectivity index (χ1) is 15.6. The van der Waals surface area contributed by atoms with E-state index in [4.69, 9.17) is 32.4 Å². The maximum atomic E-state index is 13.7. The number of alkyl halides is 3. The lowest BCUT2D eigenvalue weighted by atomic mass is 10.0. The predicted molar refractivity (Wildman–Crippen MR) is 119 cm³/mol. The Kier molecular flexibility index (Phi) is 6.19. The van der Waals surface area contributed by atoms with Crippen LogP contribution in [-0.4, -0.2) is 12.4 Å². The first-order valence-corrected chi connectivity index (χ1v) is 10.2. The number of halogens is 5. The lowest BCUT2D eigenvalue weighted by Gasteiger charge is -2.13. The van der Waals surface area contributed by atoms with Crippen LogP contribution in [0.2, 0.25) is 10.0 Å². The molecule has 168 valence electrons. The third-order valence-electron chi connectivity index (χ3n) is 4.79. The van der Waals surface area contributed by atoms with Crippen molar-refractivity contribution in [3.8, 4) is 16.9 Å². The van der Waals surface area contributed by atoms with Gasteiger partial charge in [-0.2, -0.15) is 13.2 Å². The van der Waals surface area contributed by atoms with Gasteiger partial charge in [0, 0.05) is 21.7 Å². The van der Waals surface area contributed by atoms with E-state index in [0.717, 1.165) is 6.07 Å². The summed E-state index contributed by atoms with van der Waals surface area (Å²) in [7, 11) is 0. The lowest BCUT2D eigenvalue weighted by Crippen LogP contribution is -2.16. The SMILES string of the molecule is O=C(COc1ccc2c(=O)c(-c3ccc(Cl)cc3)c(C(F)(F)F)oc2c1)c1ccc(Cl)cc1. The van der Waals surface area contributed by atoms with Gasteiger partial charge in [-0.3, -0.25) is 9.59 Å². The molecule has 0 saturated carbocycles. The average molecular weight is 493 g/mol. The molecule has 1 aromatic heterocycles. The summed E-state index contributed by atoms with van der Waals surface area (Å²) >= 11 is 11.6. The van der Waals surface area contributed by atoms with Crippen LogP contribution < -0.4 is 10.2 Å². The summed E-state index contributed by atoms with van der Waals surface area (Å²) in [5.41, 5.74) is -1.40. The fourth-order valence-electron chi connectivity index (χ4n) is 3.21. The van der Waals surface area contributed by atoms with E-state index >= 15 is 0 Å². The van der Waals surface area contributed by atoms with Crippen molar-refractivity contribution in [1.29, 1.82) is 0 Å². The molecule has 0 aliphatic rings. The van der Waals surface area contributed by atoms with E-state index < -0.39 is 22.9 Å². The van der Waals surface area contributed by atoms with Gasteiger partial charge in [-0.15, -0.1) is 0 Å². The van der Waals surface area contributed by atoms with E-state index in [1.165, 1.54) is 48.5 Å². The standard InChI is InChI=1S/C24H13Cl2F3O4/c25-15-5-1-13(2-6-15)19(30)12-32-17-9-10-18-20(11-17)33-23(24(27,28)29)21(22(18)31)14-3-7-16(26)8-4-14/h1-11H,12H2. The summed E-state index contributed by atoms with van der Waals surface area (Å²) < 4.78 is 51.8. The molecule has 1 heterocycles. The van der Waals surface area contributed by atoms with E-state index in [1.807, 2.05) is 0 Å². The van der Waals surface area contributed by atoms with Crippen LogP contribution in [0, 0.1) is 0 Å². The summed E-state index contributed by atoms with van der Waals surface area (Å²) in [6, 6.07) is 15.4. The number of ether oxygens (including phenoxy) is 1. The number of Topliss-reactive ketones (excluding diaryl/α,β-unsaturated/α-hetero) is 1. The summed E-state index contributed by atoms with van der Waals surface area (Å²) in [4.78, 5) is 25.2. The topological polar surface area (TPSA) is 56.5 Å². The normalized spacial score (nSPS) is 11.5. The van der Waals surface area contributed by atoms with Gasteiger partial charge in [0.15, 0.2) is 12.4 Å². The van der Waals surface area contributed by atoms with E-state index in [2.05, 4.69) is 0 Å². The third-order valence-corrected chi connectivity index (χ3v) is 5.29. The minimum Gasteiger partial charge on any atom is -0.485 e. The first kappa shape index (κ1) is 22.9. The molecule has 0 amide bonds. The van der Waals surface area contributed by atoms with Crippen molar-refractivity contribution in [2.24, 2.45) is 0 Å². The van der Waals surface area contributed by atoms with Crippen molar-refractivity contribution in [3.05, 3.63) is 98.3 Å². The Bertz CT molecular complexity index is 1390. The van der Waals surface area contributed by atoms with Gasteiger partial charge in [0.25, 0.3) is 0 Å². The maximum Gasteiger partial charge on any atom is 0.450 e. The minimum atomic E-state index is -4.93. The molecule has 4 nitrogen and oxygen atoms in total. The van der Waals surface area contributed by atoms with E-state index in [9.17, 15) is 22.8 Å². The van der Waals surface area contributed by atoms with Crippen LogP contribution in [0.1, 0.15) is 16.1 Å². The number of rotatable bonds is 5. The van der Waals surface area contributed by atoms with Gasteiger partial charge in [-0.25, -0.2) is 0 Å². The highest BCUT2D eigenvalue weighted by atomic mass is 35.5. The zero-order valence-corrected chi connectivity index (χ0v) is 18.1. The zero-order valence-electron chi connectivity index (χ0n) is 16.6. The molecule has 0 fully saturated rings. The Balaban J connectivity index is 1.71. The highest BCUT2D eigenvalue weighted by Gasteiger charge is 2.39. The number of hydrogen-bond acceptors (Lipinski definition) is 4. The van der Waals surface area contributed by atoms with Crippen LogP contribution in [0.5, 0.6) is 5.75 Å². The number of ketones is 1. The minimum absolute atomic E-state index is 0.0243. The van der Waals surface area contributed by atoms with Gasteiger partial charge < -0.3 is 9.15 Å². The predicted octanol–water partition coefficient (Wildman–Crippen LogP) is 7.05. The number of carbonyl (C=O) groups excluding carboxylic acids is 1. The molecule has 4 aromatic rings. The molecular formula is C24H13Cl2F3O4. The summed E-state index contributed by atoms with van der Waals surface area (Å²) in [5, 5.41) is 0.715. The van der Waals surface area contributed by atoms with Crippen molar-refractivity contribution >= 4 is 40.0 Å². The second-order valence-electron chi connectivity index (χ2n) is 7.02. The van der Waals surface area contributed by atoms with Gasteiger partial charge in [-0.05, 0) is 54.1 Å². The molecule has 3 aromatic carbocycles. The molecule has 0 atom stereocenters. The molecular weight excluding hydrogens is 480 g/mol. The summed E-state index contributed by atoms with van der Waals surface area (Å²) in [6.07, 6.45) is -4.93. The fraction of sp³-hybridized carbons (Fsp3) is 0.0833. The Labute approximate surface area is 195 Å². The Hall–Kier alpha value is -3.29. The zero-order chi connectivity index (χ0) is 23.8. The number of fused-ring (bicyclic) bond motifs is 1. The third kappa shape index (κ3) is 4.89. The summed E-state index contributed by atoms with van der Waals surface area (Å²) in [6.45, 7) is -0.369. The maximum absolute atomic E-state index is 13.7. The monoisotopic (exact) mass is 492 g/mol. The molecule has 0 saturated heterocycles. The van der Waals surface area contributed by atoms with Gasteiger partial charge in [0.05, 0.1) is 10.9 Å². The van der Waals surface area contributed by atoms with Crippen LogP contribution in [0.3, 0.4) is 0 Å². The second-order valence-corrected chi connectivity index (χ2v) is 7.89. The van der Waals surface area contributed by atoms with Gasteiger partial charge >= 0.3 is 6.18 Å². The van der Waals surface area contributed by atoms with E-state index in [0.29, 0.717) is 15.6 Å². The Morgan fingerprint density at radius 2 is 1.52 bits per heavy atom. The largest absolute Gasteiger partial charge is 0.485 e. The molecule has 33 heavy (non-hydrogen) atoms. The fourth-order valence-corrected chi connectivity index (χ4v) is 3.46. The molecule has 0 aliphatic heterocycles. The highest BCUT2D eigenvalue weighted by Crippen LogP contribution is 2.38. The van der Waals surface area contributed by atoms with Crippen LogP contribution in [0.25, 0.3) is 22.1 Å². The first-order valence-electron chi connectivity index (χ1n) is 9.49. The second kappa shape index (κ2) is 8.92. The van der Waals surface area contributed by atoms with Crippen LogP contribution >= 0.6 is 23.2 Å². The van der Waals surface area contributed by atoms with Crippen LogP contribution in [0.15, 0.2) is 75.9 Å². The smallest absolute Gasteiger partial charge is 0.450 e. The number of hydrogen-bond donors (Lipinski definition) is 0.